The van der Waals surface area contributed by atoms with Crippen LogP contribution >= 0.6 is 0 Å². The van der Waals surface area contributed by atoms with Gasteiger partial charge in [0.25, 0.3) is 5.56 Å². The second kappa shape index (κ2) is 6.06. The molecular weight excluding hydrogens is 316 g/mol. The molecule has 130 valence electrons. The van der Waals surface area contributed by atoms with Crippen LogP contribution in [0.15, 0.2) is 15.9 Å². The molecule has 9 heteroatoms. The molecule has 0 N–H and O–H groups in total. The van der Waals surface area contributed by atoms with E-state index in [4.69, 9.17) is 4.74 Å². The number of esters is 1. The Morgan fingerprint density at radius 1 is 1.17 bits per heavy atom. The number of rotatable bonds is 4. The lowest BCUT2D eigenvalue weighted by Gasteiger charge is -2.16. The van der Waals surface area contributed by atoms with E-state index in [1.807, 2.05) is 0 Å². The van der Waals surface area contributed by atoms with Gasteiger partial charge < -0.3 is 9.30 Å². The zero-order valence-electron chi connectivity index (χ0n) is 14.3. The van der Waals surface area contributed by atoms with Crippen molar-refractivity contribution < 1.29 is 14.3 Å². The molecule has 24 heavy (non-hydrogen) atoms. The molecule has 0 saturated carbocycles. The molecule has 9 nitrogen and oxygen atoms in total. The minimum Gasteiger partial charge on any atom is -0.456 e. The fraction of sp³-hybridized carbons (Fsp3) is 0.533. The maximum absolute atomic E-state index is 12.2. The molecule has 0 amide bonds. The number of nitrogens with zero attached hydrogens (tertiary/aromatic N) is 4. The van der Waals surface area contributed by atoms with Gasteiger partial charge in [0, 0.05) is 19.5 Å². The molecule has 0 fully saturated rings. The summed E-state index contributed by atoms with van der Waals surface area (Å²) in [5.41, 5.74) is -1.35. The average Bonchev–Trinajstić information content (AvgIpc) is 2.91. The van der Waals surface area contributed by atoms with E-state index in [1.54, 1.807) is 20.8 Å². The number of Topliss-reactive ketones (excluding diaryl/α,β-unsaturated/α-hetero) is 1. The molecule has 0 saturated heterocycles. The van der Waals surface area contributed by atoms with Crippen LogP contribution in [0, 0.1) is 5.41 Å². The van der Waals surface area contributed by atoms with Crippen LogP contribution in [0.5, 0.6) is 0 Å². The predicted molar refractivity (Wildman–Crippen MR) is 85.6 cm³/mol. The van der Waals surface area contributed by atoms with Crippen molar-refractivity contribution in [1.29, 1.82) is 0 Å². The van der Waals surface area contributed by atoms with Crippen LogP contribution in [0.1, 0.15) is 20.8 Å². The third-order valence-corrected chi connectivity index (χ3v) is 3.72. The van der Waals surface area contributed by atoms with Crippen molar-refractivity contribution in [3.63, 3.8) is 0 Å². The van der Waals surface area contributed by atoms with Crippen molar-refractivity contribution in [1.82, 2.24) is 18.7 Å². The number of carbonyl (C=O) groups is 2. The van der Waals surface area contributed by atoms with E-state index in [1.165, 1.54) is 29.6 Å². The van der Waals surface area contributed by atoms with Crippen LogP contribution in [-0.2, 0) is 35.0 Å². The van der Waals surface area contributed by atoms with E-state index in [2.05, 4.69) is 4.98 Å². The number of ether oxygens (including phenoxy) is 1. The molecule has 0 spiro atoms. The highest BCUT2D eigenvalue weighted by Crippen LogP contribution is 2.14. The van der Waals surface area contributed by atoms with Gasteiger partial charge in [0.05, 0.1) is 6.33 Å². The van der Waals surface area contributed by atoms with E-state index in [0.717, 1.165) is 4.57 Å². The predicted octanol–water partition coefficient (Wildman–Crippen LogP) is -0.408. The number of hydrogen-bond acceptors (Lipinski definition) is 6. The van der Waals surface area contributed by atoms with Crippen molar-refractivity contribution in [2.45, 2.75) is 27.3 Å². The largest absolute Gasteiger partial charge is 0.456 e. The maximum atomic E-state index is 12.2. The van der Waals surface area contributed by atoms with E-state index in [-0.39, 0.29) is 30.1 Å². The van der Waals surface area contributed by atoms with E-state index in [9.17, 15) is 19.2 Å². The zero-order valence-corrected chi connectivity index (χ0v) is 14.3. The first-order chi connectivity index (χ1) is 11.0. The lowest BCUT2D eigenvalue weighted by atomic mass is 9.91. The van der Waals surface area contributed by atoms with Crippen LogP contribution in [0.2, 0.25) is 0 Å². The molecule has 0 atom stereocenters. The molecule has 0 aliphatic rings. The van der Waals surface area contributed by atoms with Gasteiger partial charge in [-0.3, -0.25) is 23.5 Å². The average molecular weight is 336 g/mol. The lowest BCUT2D eigenvalue weighted by Crippen LogP contribution is -2.37. The number of hydrogen-bond donors (Lipinski definition) is 0. The summed E-state index contributed by atoms with van der Waals surface area (Å²) >= 11 is 0. The fourth-order valence-electron chi connectivity index (χ4n) is 2.06. The molecule has 0 radical (unpaired) electrons. The smallest absolute Gasteiger partial charge is 0.332 e. The van der Waals surface area contributed by atoms with Crippen LogP contribution in [-0.4, -0.2) is 37.0 Å². The van der Waals surface area contributed by atoms with Gasteiger partial charge in [0.1, 0.15) is 6.54 Å². The summed E-state index contributed by atoms with van der Waals surface area (Å²) in [7, 11) is 2.84. The molecule has 2 aromatic heterocycles. The Morgan fingerprint density at radius 3 is 2.38 bits per heavy atom. The van der Waals surface area contributed by atoms with Gasteiger partial charge in [-0.05, 0) is 0 Å². The molecule has 0 aliphatic heterocycles. The second-order valence-electron chi connectivity index (χ2n) is 6.58. The van der Waals surface area contributed by atoms with Crippen LogP contribution in [0.25, 0.3) is 11.2 Å². The zero-order chi connectivity index (χ0) is 18.2. The number of imidazole rings is 1. The normalized spacial score (nSPS) is 11.7. The van der Waals surface area contributed by atoms with Gasteiger partial charge in [-0.25, -0.2) is 9.78 Å². The second-order valence-corrected chi connectivity index (χ2v) is 6.58. The Morgan fingerprint density at radius 2 is 1.79 bits per heavy atom. The summed E-state index contributed by atoms with van der Waals surface area (Å²) in [4.78, 5) is 51.8. The summed E-state index contributed by atoms with van der Waals surface area (Å²) < 4.78 is 8.43. The van der Waals surface area contributed by atoms with Crippen molar-refractivity contribution in [3.05, 3.63) is 27.2 Å². The van der Waals surface area contributed by atoms with Gasteiger partial charge in [0.2, 0.25) is 0 Å². The number of aryl methyl sites for hydroxylation is 1. The third kappa shape index (κ3) is 3.15. The van der Waals surface area contributed by atoms with Crippen molar-refractivity contribution >= 4 is 22.9 Å². The number of carbonyl (C=O) groups excluding carboxylic acids is 2. The summed E-state index contributed by atoms with van der Waals surface area (Å²) in [5, 5.41) is 0. The first-order valence-electron chi connectivity index (χ1n) is 7.34. The molecule has 0 aliphatic carbocycles. The Balaban J connectivity index is 2.26. The van der Waals surface area contributed by atoms with Crippen molar-refractivity contribution in [2.75, 3.05) is 6.61 Å². The SMILES string of the molecule is Cn1c(=O)c2c(ncn2CC(=O)OCC(=O)C(C)(C)C)n(C)c1=O. The molecule has 0 unspecified atom stereocenters. The number of fused-ring (bicyclic) bond motifs is 1. The molecule has 2 heterocycles. The molecular formula is C15H20N4O5. The van der Waals surface area contributed by atoms with E-state index in [0.29, 0.717) is 0 Å². The standard InChI is InChI=1S/C15H20N4O5/c1-15(2,3)9(20)7-24-10(21)6-19-8-16-12-11(19)13(22)18(5)14(23)17(12)4/h8H,6-7H2,1-5H3. The fourth-order valence-corrected chi connectivity index (χ4v) is 2.06. The Kier molecular flexibility index (Phi) is 4.46. The molecule has 2 rings (SSSR count). The summed E-state index contributed by atoms with van der Waals surface area (Å²) in [5.74, 6) is -0.868. The van der Waals surface area contributed by atoms with Gasteiger partial charge >= 0.3 is 11.7 Å². The minimum absolute atomic E-state index is 0.124. The summed E-state index contributed by atoms with van der Waals surface area (Å²) in [6.45, 7) is 4.59. The highest BCUT2D eigenvalue weighted by molar-refractivity contribution is 5.86. The summed E-state index contributed by atoms with van der Waals surface area (Å²) in [6.07, 6.45) is 1.29. The van der Waals surface area contributed by atoms with Gasteiger partial charge in [-0.15, -0.1) is 0 Å². The van der Waals surface area contributed by atoms with E-state index < -0.39 is 22.6 Å². The van der Waals surface area contributed by atoms with Crippen molar-refractivity contribution in [2.24, 2.45) is 19.5 Å². The molecule has 0 aromatic carbocycles. The lowest BCUT2D eigenvalue weighted by molar-refractivity contribution is -0.150. The van der Waals surface area contributed by atoms with Crippen LogP contribution in [0.3, 0.4) is 0 Å². The van der Waals surface area contributed by atoms with Crippen molar-refractivity contribution in [3.8, 4) is 0 Å². The summed E-state index contributed by atoms with van der Waals surface area (Å²) in [6, 6.07) is 0. The molecule has 2 aromatic rings. The first-order valence-corrected chi connectivity index (χ1v) is 7.34. The van der Waals surface area contributed by atoms with Crippen LogP contribution in [0.4, 0.5) is 0 Å². The highest BCUT2D eigenvalue weighted by atomic mass is 16.5. The topological polar surface area (TPSA) is 105 Å². The number of aromatic nitrogens is 4. The first kappa shape index (κ1) is 17.6. The molecule has 0 bridgehead atoms. The Labute approximate surface area is 137 Å². The Bertz CT molecular complexity index is 926. The monoisotopic (exact) mass is 336 g/mol. The quantitative estimate of drug-likeness (QED) is 0.703. The van der Waals surface area contributed by atoms with Gasteiger partial charge in [-0.1, -0.05) is 20.8 Å². The highest BCUT2D eigenvalue weighted by Gasteiger charge is 2.23. The minimum atomic E-state index is -0.664. The Hall–Kier alpha value is -2.71. The van der Waals surface area contributed by atoms with Gasteiger partial charge in [0.15, 0.2) is 23.6 Å². The van der Waals surface area contributed by atoms with Gasteiger partial charge in [-0.2, -0.15) is 0 Å². The maximum Gasteiger partial charge on any atom is 0.332 e. The number of ketones is 1. The third-order valence-electron chi connectivity index (χ3n) is 3.72. The van der Waals surface area contributed by atoms with Crippen LogP contribution < -0.4 is 11.2 Å². The van der Waals surface area contributed by atoms with E-state index >= 15 is 0 Å².